The van der Waals surface area contributed by atoms with Gasteiger partial charge in [0.1, 0.15) is 48.2 Å². The van der Waals surface area contributed by atoms with E-state index in [-0.39, 0.29) is 12.7 Å². The molecule has 10 nitrogen and oxygen atoms in total. The Balaban J connectivity index is 1.41. The molecule has 0 aliphatic carbocycles. The number of β-amino-alcohol motifs (C(OH)–C–C–N with tert-alkyl or cyclic N) is 1. The molecule has 5 rings (SSSR count). The summed E-state index contributed by atoms with van der Waals surface area (Å²) in [6, 6.07) is 9.03. The van der Waals surface area contributed by atoms with Gasteiger partial charge in [-0.3, -0.25) is 4.90 Å². The molecule has 2 aromatic carbocycles. The Kier molecular flexibility index (Phi) is 8.98. The van der Waals surface area contributed by atoms with Crippen molar-refractivity contribution in [2.45, 2.75) is 25.0 Å². The minimum Gasteiger partial charge on any atom is -0.497 e. The first kappa shape index (κ1) is 26.7. The standard InChI is InChI=1S/C27H33ClN4O6/c1-34-20-2-3-22(28)23(12-20)31-27-26-24(29-17-30-27)13-21(14-25(26)38-19-4-8-35-9-5-19)37-16-18(33)15-32-6-10-36-11-7-32/h2-3,12-14,17-19,33H,4-11,15-16H2,1H3,(H,29,30,31). The van der Waals surface area contributed by atoms with Crippen molar-refractivity contribution >= 4 is 34.0 Å². The number of nitrogens with one attached hydrogen (secondary N) is 1. The fourth-order valence-electron chi connectivity index (χ4n) is 4.56. The number of hydrogen-bond acceptors (Lipinski definition) is 10. The van der Waals surface area contributed by atoms with Crippen LogP contribution in [0.3, 0.4) is 0 Å². The second-order valence-corrected chi connectivity index (χ2v) is 9.72. The van der Waals surface area contributed by atoms with Gasteiger partial charge in [-0.25, -0.2) is 9.97 Å². The zero-order valence-electron chi connectivity index (χ0n) is 21.4. The second-order valence-electron chi connectivity index (χ2n) is 9.32. The number of methoxy groups -OCH3 is 1. The summed E-state index contributed by atoms with van der Waals surface area (Å²) in [4.78, 5) is 11.2. The fourth-order valence-corrected chi connectivity index (χ4v) is 4.72. The maximum Gasteiger partial charge on any atom is 0.145 e. The number of rotatable bonds is 10. The number of ether oxygens (including phenoxy) is 5. The first-order valence-electron chi connectivity index (χ1n) is 12.8. The molecule has 2 N–H and O–H groups in total. The number of benzene rings is 2. The highest BCUT2D eigenvalue weighted by Gasteiger charge is 2.21. The van der Waals surface area contributed by atoms with Gasteiger partial charge in [-0.05, 0) is 12.1 Å². The van der Waals surface area contributed by atoms with Gasteiger partial charge in [-0.15, -0.1) is 0 Å². The number of anilines is 2. The van der Waals surface area contributed by atoms with Crippen LogP contribution in [-0.2, 0) is 9.47 Å². The minimum absolute atomic E-state index is 0.0115. The monoisotopic (exact) mass is 544 g/mol. The van der Waals surface area contributed by atoms with Crippen molar-refractivity contribution in [3.05, 3.63) is 41.7 Å². The zero-order chi connectivity index (χ0) is 26.3. The molecule has 0 amide bonds. The number of aliphatic hydroxyl groups is 1. The summed E-state index contributed by atoms with van der Waals surface area (Å²) in [5.74, 6) is 2.37. The van der Waals surface area contributed by atoms with E-state index < -0.39 is 6.10 Å². The van der Waals surface area contributed by atoms with E-state index >= 15 is 0 Å². The molecule has 2 saturated heterocycles. The Morgan fingerprint density at radius 2 is 1.87 bits per heavy atom. The van der Waals surface area contributed by atoms with Gasteiger partial charge in [-0.1, -0.05) is 11.6 Å². The Morgan fingerprint density at radius 1 is 1.08 bits per heavy atom. The smallest absolute Gasteiger partial charge is 0.145 e. The van der Waals surface area contributed by atoms with E-state index in [0.29, 0.717) is 77.7 Å². The van der Waals surface area contributed by atoms with E-state index in [9.17, 15) is 5.11 Å². The first-order chi connectivity index (χ1) is 18.6. The lowest BCUT2D eigenvalue weighted by Crippen LogP contribution is -2.42. The molecule has 11 heteroatoms. The summed E-state index contributed by atoms with van der Waals surface area (Å²) in [6.07, 6.45) is 2.39. The van der Waals surface area contributed by atoms with Crippen LogP contribution in [0.5, 0.6) is 17.2 Å². The number of aliphatic hydroxyl groups excluding tert-OH is 1. The Labute approximate surface area is 226 Å². The summed E-state index contributed by atoms with van der Waals surface area (Å²) in [5.41, 5.74) is 1.29. The van der Waals surface area contributed by atoms with E-state index in [0.717, 1.165) is 25.9 Å². The third kappa shape index (κ3) is 6.75. The summed E-state index contributed by atoms with van der Waals surface area (Å²) in [5, 5.41) is 15.1. The molecule has 1 atom stereocenters. The lowest BCUT2D eigenvalue weighted by Gasteiger charge is -2.28. The molecule has 1 aromatic heterocycles. The number of nitrogens with zero attached hydrogens (tertiary/aromatic N) is 3. The van der Waals surface area contributed by atoms with Gasteiger partial charge in [0.15, 0.2) is 0 Å². The van der Waals surface area contributed by atoms with Crippen LogP contribution in [0.15, 0.2) is 36.7 Å². The van der Waals surface area contributed by atoms with Gasteiger partial charge in [0.05, 0.1) is 55.2 Å². The van der Waals surface area contributed by atoms with E-state index in [1.165, 1.54) is 6.33 Å². The Morgan fingerprint density at radius 3 is 2.66 bits per heavy atom. The molecule has 0 radical (unpaired) electrons. The van der Waals surface area contributed by atoms with Gasteiger partial charge < -0.3 is 34.1 Å². The topological polar surface area (TPSA) is 107 Å². The average molecular weight is 545 g/mol. The molecule has 3 heterocycles. The van der Waals surface area contributed by atoms with Crippen LogP contribution < -0.4 is 19.5 Å². The lowest BCUT2D eigenvalue weighted by molar-refractivity contribution is 0.00455. The highest BCUT2D eigenvalue weighted by molar-refractivity contribution is 6.33. The van der Waals surface area contributed by atoms with Crippen molar-refractivity contribution in [3.63, 3.8) is 0 Å². The summed E-state index contributed by atoms with van der Waals surface area (Å²) < 4.78 is 28.7. The Hall–Kier alpha value is -2.89. The summed E-state index contributed by atoms with van der Waals surface area (Å²) >= 11 is 6.45. The molecule has 204 valence electrons. The summed E-state index contributed by atoms with van der Waals surface area (Å²) in [6.45, 7) is 4.95. The third-order valence-corrected chi connectivity index (χ3v) is 6.91. The lowest BCUT2D eigenvalue weighted by atomic mass is 10.1. The Bertz CT molecular complexity index is 1220. The van der Waals surface area contributed by atoms with E-state index in [4.69, 9.17) is 35.3 Å². The van der Waals surface area contributed by atoms with Crippen molar-refractivity contribution in [1.29, 1.82) is 0 Å². The second kappa shape index (κ2) is 12.8. The molecule has 2 aliphatic heterocycles. The van der Waals surface area contributed by atoms with Crippen LogP contribution in [0.1, 0.15) is 12.8 Å². The normalized spacial score (nSPS) is 17.8. The van der Waals surface area contributed by atoms with Crippen LogP contribution >= 0.6 is 11.6 Å². The first-order valence-corrected chi connectivity index (χ1v) is 13.2. The number of fused-ring (bicyclic) bond motifs is 1. The van der Waals surface area contributed by atoms with Crippen LogP contribution in [0, 0.1) is 0 Å². The molecule has 1 unspecified atom stereocenters. The van der Waals surface area contributed by atoms with Crippen LogP contribution in [0.2, 0.25) is 5.02 Å². The zero-order valence-corrected chi connectivity index (χ0v) is 22.2. The van der Waals surface area contributed by atoms with Crippen molar-refractivity contribution in [3.8, 4) is 17.2 Å². The van der Waals surface area contributed by atoms with Gasteiger partial charge in [0, 0.05) is 50.7 Å². The maximum atomic E-state index is 10.6. The van der Waals surface area contributed by atoms with Crippen molar-refractivity contribution in [1.82, 2.24) is 14.9 Å². The molecule has 3 aromatic rings. The molecule has 2 aliphatic rings. The third-order valence-electron chi connectivity index (χ3n) is 6.58. The molecular formula is C27H33ClN4O6. The molecule has 0 saturated carbocycles. The molecular weight excluding hydrogens is 512 g/mol. The molecule has 0 spiro atoms. The number of aromatic nitrogens is 2. The van der Waals surface area contributed by atoms with Gasteiger partial charge in [-0.2, -0.15) is 0 Å². The van der Waals surface area contributed by atoms with Gasteiger partial charge in [0.2, 0.25) is 0 Å². The molecule has 38 heavy (non-hydrogen) atoms. The van der Waals surface area contributed by atoms with Crippen molar-refractivity contribution < 1.29 is 28.8 Å². The molecule has 2 fully saturated rings. The minimum atomic E-state index is -0.638. The highest BCUT2D eigenvalue weighted by Crippen LogP contribution is 2.38. The predicted octanol–water partition coefficient (Wildman–Crippen LogP) is 3.67. The number of morpholine rings is 1. The van der Waals surface area contributed by atoms with E-state index in [1.54, 1.807) is 19.2 Å². The van der Waals surface area contributed by atoms with E-state index in [2.05, 4.69) is 20.2 Å². The SMILES string of the molecule is COc1ccc(Cl)c(Nc2ncnc3cc(OCC(O)CN4CCOCC4)cc(OC4CCOCC4)c23)c1. The van der Waals surface area contributed by atoms with Crippen LogP contribution in [-0.4, -0.2) is 92.0 Å². The largest absolute Gasteiger partial charge is 0.497 e. The van der Waals surface area contributed by atoms with Crippen LogP contribution in [0.25, 0.3) is 10.9 Å². The fraction of sp³-hybridized carbons (Fsp3) is 0.481. The van der Waals surface area contributed by atoms with Crippen molar-refractivity contribution in [2.24, 2.45) is 0 Å². The number of halogens is 1. The van der Waals surface area contributed by atoms with E-state index in [1.807, 2.05) is 18.2 Å². The maximum absolute atomic E-state index is 10.6. The molecule has 0 bridgehead atoms. The average Bonchev–Trinajstić information content (AvgIpc) is 2.94. The summed E-state index contributed by atoms with van der Waals surface area (Å²) in [7, 11) is 1.60. The number of hydrogen-bond donors (Lipinski definition) is 2. The quantitative estimate of drug-likeness (QED) is 0.392. The predicted molar refractivity (Wildman–Crippen MR) is 144 cm³/mol. The van der Waals surface area contributed by atoms with Crippen molar-refractivity contribution in [2.75, 3.05) is 65.1 Å². The van der Waals surface area contributed by atoms with Gasteiger partial charge in [0.25, 0.3) is 0 Å². The highest BCUT2D eigenvalue weighted by atomic mass is 35.5. The van der Waals surface area contributed by atoms with Gasteiger partial charge >= 0.3 is 0 Å². The van der Waals surface area contributed by atoms with Crippen LogP contribution in [0.4, 0.5) is 11.5 Å².